The average molecular weight is 182 g/mol. The van der Waals surface area contributed by atoms with Gasteiger partial charge in [0.25, 0.3) is 0 Å². The molecular weight excluding hydrogens is 168 g/mol. The lowest BCUT2D eigenvalue weighted by molar-refractivity contribution is -0.137. The summed E-state index contributed by atoms with van der Waals surface area (Å²) in [5.74, 6) is 0.789. The number of aryl methyl sites for hydroxylation is 2. The van der Waals surface area contributed by atoms with Crippen molar-refractivity contribution in [2.24, 2.45) is 0 Å². The van der Waals surface area contributed by atoms with Gasteiger partial charge in [0.05, 0.1) is 6.42 Å². The molecule has 1 aromatic rings. The van der Waals surface area contributed by atoms with E-state index in [2.05, 4.69) is 0 Å². The number of furan rings is 1. The van der Waals surface area contributed by atoms with Crippen molar-refractivity contribution >= 4 is 5.97 Å². The highest BCUT2D eigenvalue weighted by Crippen LogP contribution is 2.25. The molecule has 72 valence electrons. The van der Waals surface area contributed by atoms with Gasteiger partial charge in [-0.15, -0.1) is 0 Å². The summed E-state index contributed by atoms with van der Waals surface area (Å²) >= 11 is 0. The van der Waals surface area contributed by atoms with Gasteiger partial charge in [-0.1, -0.05) is 6.92 Å². The number of carboxylic acid groups (broad SMARTS) is 1. The molecule has 0 amide bonds. The van der Waals surface area contributed by atoms with E-state index in [-0.39, 0.29) is 12.3 Å². The highest BCUT2D eigenvalue weighted by atomic mass is 16.4. The van der Waals surface area contributed by atoms with Gasteiger partial charge in [0.15, 0.2) is 0 Å². The van der Waals surface area contributed by atoms with E-state index in [0.29, 0.717) is 0 Å². The minimum absolute atomic E-state index is 0.0498. The number of carbonyl (C=O) groups is 1. The van der Waals surface area contributed by atoms with E-state index in [1.807, 2.05) is 26.8 Å². The summed E-state index contributed by atoms with van der Waals surface area (Å²) in [5.41, 5.74) is 1.03. The van der Waals surface area contributed by atoms with Gasteiger partial charge in [-0.05, 0) is 25.5 Å². The fourth-order valence-corrected chi connectivity index (χ4v) is 1.50. The lowest BCUT2D eigenvalue weighted by atomic mass is 10.0. The van der Waals surface area contributed by atoms with Crippen LogP contribution in [0.5, 0.6) is 0 Å². The molecule has 1 aromatic heterocycles. The number of carboxylic acids is 1. The minimum atomic E-state index is -0.791. The number of hydrogen-bond acceptors (Lipinski definition) is 2. The summed E-state index contributed by atoms with van der Waals surface area (Å²) in [5, 5.41) is 8.60. The lowest BCUT2D eigenvalue weighted by Crippen LogP contribution is -2.02. The number of rotatable bonds is 3. The second kappa shape index (κ2) is 3.64. The quantitative estimate of drug-likeness (QED) is 0.781. The molecule has 3 heteroatoms. The van der Waals surface area contributed by atoms with Crippen molar-refractivity contribution in [3.05, 3.63) is 23.2 Å². The maximum absolute atomic E-state index is 10.5. The van der Waals surface area contributed by atoms with Crippen LogP contribution in [0.2, 0.25) is 0 Å². The summed E-state index contributed by atoms with van der Waals surface area (Å²) in [6.07, 6.45) is 0.119. The van der Waals surface area contributed by atoms with Crippen LogP contribution in [-0.2, 0) is 4.79 Å². The molecular formula is C10H14O3. The maximum Gasteiger partial charge on any atom is 0.304 e. The highest BCUT2D eigenvalue weighted by Gasteiger charge is 2.16. The summed E-state index contributed by atoms with van der Waals surface area (Å²) < 4.78 is 5.41. The molecule has 0 aliphatic carbocycles. The van der Waals surface area contributed by atoms with Gasteiger partial charge in [0, 0.05) is 5.92 Å². The first-order valence-corrected chi connectivity index (χ1v) is 4.29. The van der Waals surface area contributed by atoms with Crippen LogP contribution in [0.3, 0.4) is 0 Å². The van der Waals surface area contributed by atoms with Crippen LogP contribution in [0.15, 0.2) is 10.5 Å². The van der Waals surface area contributed by atoms with Crippen LogP contribution in [-0.4, -0.2) is 11.1 Å². The zero-order valence-corrected chi connectivity index (χ0v) is 8.13. The van der Waals surface area contributed by atoms with Crippen LogP contribution in [0.1, 0.15) is 36.3 Å². The molecule has 1 heterocycles. The minimum Gasteiger partial charge on any atom is -0.481 e. The summed E-state index contributed by atoms with van der Waals surface area (Å²) in [6, 6.07) is 1.92. The molecule has 3 nitrogen and oxygen atoms in total. The van der Waals surface area contributed by atoms with Gasteiger partial charge in [-0.3, -0.25) is 4.79 Å². The Labute approximate surface area is 77.4 Å². The molecule has 0 saturated heterocycles. The van der Waals surface area contributed by atoms with Crippen molar-refractivity contribution in [1.29, 1.82) is 0 Å². The van der Waals surface area contributed by atoms with Gasteiger partial charge in [-0.2, -0.15) is 0 Å². The van der Waals surface area contributed by atoms with Crippen LogP contribution in [0.25, 0.3) is 0 Å². The summed E-state index contributed by atoms with van der Waals surface area (Å²) in [4.78, 5) is 10.5. The van der Waals surface area contributed by atoms with E-state index in [0.717, 1.165) is 17.1 Å². The van der Waals surface area contributed by atoms with Gasteiger partial charge in [0.2, 0.25) is 0 Å². The molecule has 1 N–H and O–H groups in total. The first-order chi connectivity index (χ1) is 6.00. The molecule has 13 heavy (non-hydrogen) atoms. The molecule has 0 aromatic carbocycles. The Balaban J connectivity index is 2.81. The van der Waals surface area contributed by atoms with Crippen LogP contribution in [0.4, 0.5) is 0 Å². The molecule has 1 unspecified atom stereocenters. The fraction of sp³-hybridized carbons (Fsp3) is 0.500. The van der Waals surface area contributed by atoms with Crippen molar-refractivity contribution in [2.75, 3.05) is 0 Å². The smallest absolute Gasteiger partial charge is 0.304 e. The van der Waals surface area contributed by atoms with E-state index in [1.54, 1.807) is 0 Å². The van der Waals surface area contributed by atoms with Gasteiger partial charge in [0.1, 0.15) is 11.5 Å². The molecule has 0 aliphatic rings. The van der Waals surface area contributed by atoms with Gasteiger partial charge in [-0.25, -0.2) is 0 Å². The third-order valence-corrected chi connectivity index (χ3v) is 2.01. The molecule has 0 fully saturated rings. The third kappa shape index (κ3) is 2.34. The Hall–Kier alpha value is -1.25. The van der Waals surface area contributed by atoms with Crippen molar-refractivity contribution < 1.29 is 14.3 Å². The second-order valence-electron chi connectivity index (χ2n) is 3.40. The maximum atomic E-state index is 10.5. The van der Waals surface area contributed by atoms with Crippen LogP contribution >= 0.6 is 0 Å². The zero-order chi connectivity index (χ0) is 10.0. The molecule has 1 rings (SSSR count). The highest BCUT2D eigenvalue weighted by molar-refractivity contribution is 5.67. The summed E-state index contributed by atoms with van der Waals surface area (Å²) in [7, 11) is 0. The molecule has 1 atom stereocenters. The fourth-order valence-electron chi connectivity index (χ4n) is 1.50. The lowest BCUT2D eigenvalue weighted by Gasteiger charge is -2.05. The van der Waals surface area contributed by atoms with E-state index >= 15 is 0 Å². The first kappa shape index (κ1) is 9.84. The number of hydrogen-bond donors (Lipinski definition) is 1. The molecule has 0 radical (unpaired) electrons. The normalized spacial score (nSPS) is 12.8. The van der Waals surface area contributed by atoms with E-state index in [4.69, 9.17) is 9.52 Å². The largest absolute Gasteiger partial charge is 0.481 e. The molecule has 0 spiro atoms. The van der Waals surface area contributed by atoms with E-state index in [9.17, 15) is 4.79 Å². The Bertz CT molecular complexity index is 312. The Morgan fingerprint density at radius 2 is 2.23 bits per heavy atom. The molecule has 0 aliphatic heterocycles. The van der Waals surface area contributed by atoms with E-state index in [1.165, 1.54) is 0 Å². The van der Waals surface area contributed by atoms with Crippen molar-refractivity contribution in [3.63, 3.8) is 0 Å². The predicted molar refractivity (Wildman–Crippen MR) is 48.8 cm³/mol. The van der Waals surface area contributed by atoms with Gasteiger partial charge < -0.3 is 9.52 Å². The SMILES string of the molecule is Cc1cc(C)c(C(C)CC(=O)O)o1. The standard InChI is InChI=1S/C10H14O3/c1-6-4-8(3)13-10(6)7(2)5-9(11)12/h4,7H,5H2,1-3H3,(H,11,12). The van der Waals surface area contributed by atoms with E-state index < -0.39 is 5.97 Å². The Kier molecular flexibility index (Phi) is 2.76. The average Bonchev–Trinajstić information content (AvgIpc) is 2.28. The second-order valence-corrected chi connectivity index (χ2v) is 3.40. The predicted octanol–water partition coefficient (Wildman–Crippen LogP) is 2.47. The summed E-state index contributed by atoms with van der Waals surface area (Å²) in [6.45, 7) is 5.66. The van der Waals surface area contributed by atoms with Crippen molar-refractivity contribution in [3.8, 4) is 0 Å². The zero-order valence-electron chi connectivity index (χ0n) is 8.13. The first-order valence-electron chi connectivity index (χ1n) is 4.29. The van der Waals surface area contributed by atoms with Crippen LogP contribution in [0, 0.1) is 13.8 Å². The Morgan fingerprint density at radius 3 is 2.62 bits per heavy atom. The molecule has 0 bridgehead atoms. The third-order valence-electron chi connectivity index (χ3n) is 2.01. The van der Waals surface area contributed by atoms with Gasteiger partial charge >= 0.3 is 5.97 Å². The monoisotopic (exact) mass is 182 g/mol. The Morgan fingerprint density at radius 1 is 1.62 bits per heavy atom. The van der Waals surface area contributed by atoms with Crippen molar-refractivity contribution in [1.82, 2.24) is 0 Å². The molecule has 0 saturated carbocycles. The number of aliphatic carboxylic acids is 1. The topological polar surface area (TPSA) is 50.4 Å². The van der Waals surface area contributed by atoms with Crippen LogP contribution < -0.4 is 0 Å². The van der Waals surface area contributed by atoms with Crippen molar-refractivity contribution in [2.45, 2.75) is 33.1 Å².